The first kappa shape index (κ1) is 14.7. The van der Waals surface area contributed by atoms with Crippen LogP contribution in [0.15, 0.2) is 67.5 Å². The number of hydrogen-bond acceptors (Lipinski definition) is 4. The maximum atomic E-state index is 12.0. The molecule has 0 saturated heterocycles. The van der Waals surface area contributed by atoms with Crippen LogP contribution in [0.3, 0.4) is 0 Å². The number of benzene rings is 1. The Labute approximate surface area is 134 Å². The van der Waals surface area contributed by atoms with Crippen LogP contribution < -0.4 is 10.6 Å². The number of amides is 1. The molecule has 0 unspecified atom stereocenters. The summed E-state index contributed by atoms with van der Waals surface area (Å²) in [6, 6.07) is 13.4. The molecule has 0 saturated carbocycles. The predicted octanol–water partition coefficient (Wildman–Crippen LogP) is 3.29. The van der Waals surface area contributed by atoms with Gasteiger partial charge in [-0.2, -0.15) is 0 Å². The molecule has 0 bridgehead atoms. The van der Waals surface area contributed by atoms with Crippen molar-refractivity contribution in [3.8, 4) is 0 Å². The quantitative estimate of drug-likeness (QED) is 0.710. The van der Waals surface area contributed by atoms with Crippen LogP contribution in [0.1, 0.15) is 10.5 Å². The fourth-order valence-corrected chi connectivity index (χ4v) is 2.25. The Hall–Kier alpha value is -3.21. The standard InChI is InChI=1S/C18H16N4O/c1-2-9-21-18(23)16-12-14(8-11-19-16)22-15-7-3-5-13-6-4-10-20-17(13)15/h2-8,10-12H,1,9H2,(H,19,22)(H,21,23). The van der Waals surface area contributed by atoms with Gasteiger partial charge in [0.1, 0.15) is 5.69 Å². The first-order valence-electron chi connectivity index (χ1n) is 7.24. The molecule has 0 spiro atoms. The SMILES string of the molecule is C=CCNC(=O)c1cc(Nc2cccc3cccnc23)ccn1. The molecule has 5 nitrogen and oxygen atoms in total. The molecule has 2 N–H and O–H groups in total. The van der Waals surface area contributed by atoms with Gasteiger partial charge in [0, 0.05) is 30.0 Å². The highest BCUT2D eigenvalue weighted by Gasteiger charge is 2.08. The molecule has 0 aliphatic carbocycles. The van der Waals surface area contributed by atoms with Gasteiger partial charge in [-0.05, 0) is 24.3 Å². The maximum absolute atomic E-state index is 12.0. The van der Waals surface area contributed by atoms with Crippen LogP contribution in [0.5, 0.6) is 0 Å². The molecule has 0 fully saturated rings. The van der Waals surface area contributed by atoms with Crippen molar-refractivity contribution in [2.75, 3.05) is 11.9 Å². The van der Waals surface area contributed by atoms with Gasteiger partial charge in [-0.25, -0.2) is 0 Å². The van der Waals surface area contributed by atoms with Gasteiger partial charge in [0.05, 0.1) is 11.2 Å². The largest absolute Gasteiger partial charge is 0.354 e. The van der Waals surface area contributed by atoms with Crippen LogP contribution in [0, 0.1) is 0 Å². The highest BCUT2D eigenvalue weighted by Crippen LogP contribution is 2.24. The third-order valence-electron chi connectivity index (χ3n) is 3.31. The molecule has 0 radical (unpaired) electrons. The van der Waals surface area contributed by atoms with Crippen molar-refractivity contribution in [2.24, 2.45) is 0 Å². The Bertz CT molecular complexity index is 855. The monoisotopic (exact) mass is 304 g/mol. The molecule has 0 aliphatic heterocycles. The summed E-state index contributed by atoms with van der Waals surface area (Å²) in [5.41, 5.74) is 2.89. The molecule has 0 atom stereocenters. The van der Waals surface area contributed by atoms with Gasteiger partial charge in [-0.1, -0.05) is 24.3 Å². The lowest BCUT2D eigenvalue weighted by Gasteiger charge is -2.10. The van der Waals surface area contributed by atoms with E-state index in [1.807, 2.05) is 36.4 Å². The zero-order chi connectivity index (χ0) is 16.1. The number of nitrogens with zero attached hydrogens (tertiary/aromatic N) is 2. The first-order chi connectivity index (χ1) is 11.3. The molecule has 2 heterocycles. The smallest absolute Gasteiger partial charge is 0.270 e. The summed E-state index contributed by atoms with van der Waals surface area (Å²) in [7, 11) is 0. The Balaban J connectivity index is 1.88. The molecule has 114 valence electrons. The molecule has 23 heavy (non-hydrogen) atoms. The Kier molecular flexibility index (Phi) is 4.29. The van der Waals surface area contributed by atoms with Crippen LogP contribution in [-0.2, 0) is 0 Å². The van der Waals surface area contributed by atoms with E-state index in [-0.39, 0.29) is 5.91 Å². The minimum atomic E-state index is -0.232. The van der Waals surface area contributed by atoms with E-state index in [0.29, 0.717) is 12.2 Å². The highest BCUT2D eigenvalue weighted by molar-refractivity contribution is 5.95. The van der Waals surface area contributed by atoms with Gasteiger partial charge >= 0.3 is 0 Å². The maximum Gasteiger partial charge on any atom is 0.270 e. The normalized spacial score (nSPS) is 10.3. The van der Waals surface area contributed by atoms with Gasteiger partial charge < -0.3 is 10.6 Å². The second kappa shape index (κ2) is 6.70. The fourth-order valence-electron chi connectivity index (χ4n) is 2.25. The van der Waals surface area contributed by atoms with Crippen LogP contribution in [-0.4, -0.2) is 22.4 Å². The van der Waals surface area contributed by atoms with Crippen molar-refractivity contribution < 1.29 is 4.79 Å². The summed E-state index contributed by atoms with van der Waals surface area (Å²) < 4.78 is 0. The molecule has 2 aromatic heterocycles. The van der Waals surface area contributed by atoms with E-state index in [4.69, 9.17) is 0 Å². The van der Waals surface area contributed by atoms with Gasteiger partial charge in [0.2, 0.25) is 0 Å². The summed E-state index contributed by atoms with van der Waals surface area (Å²) in [4.78, 5) is 20.5. The summed E-state index contributed by atoms with van der Waals surface area (Å²) in [5, 5.41) is 7.06. The van der Waals surface area contributed by atoms with E-state index in [2.05, 4.69) is 27.2 Å². The topological polar surface area (TPSA) is 66.9 Å². The number of rotatable bonds is 5. The number of fused-ring (bicyclic) bond motifs is 1. The predicted molar refractivity (Wildman–Crippen MR) is 91.8 cm³/mol. The first-order valence-corrected chi connectivity index (χ1v) is 7.24. The van der Waals surface area contributed by atoms with Crippen molar-refractivity contribution in [2.45, 2.75) is 0 Å². The van der Waals surface area contributed by atoms with E-state index < -0.39 is 0 Å². The van der Waals surface area contributed by atoms with E-state index >= 15 is 0 Å². The zero-order valence-electron chi connectivity index (χ0n) is 12.5. The van der Waals surface area contributed by atoms with E-state index in [9.17, 15) is 4.79 Å². The average molecular weight is 304 g/mol. The molecular weight excluding hydrogens is 288 g/mol. The van der Waals surface area contributed by atoms with Crippen LogP contribution >= 0.6 is 0 Å². The Morgan fingerprint density at radius 1 is 1.13 bits per heavy atom. The number of carbonyl (C=O) groups is 1. The van der Waals surface area contributed by atoms with Crippen molar-refractivity contribution in [1.29, 1.82) is 0 Å². The van der Waals surface area contributed by atoms with Gasteiger partial charge in [0.25, 0.3) is 5.91 Å². The summed E-state index contributed by atoms with van der Waals surface area (Å²) >= 11 is 0. The van der Waals surface area contributed by atoms with Crippen molar-refractivity contribution in [1.82, 2.24) is 15.3 Å². The molecule has 1 amide bonds. The lowest BCUT2D eigenvalue weighted by molar-refractivity contribution is 0.0953. The fraction of sp³-hybridized carbons (Fsp3) is 0.0556. The number of nitrogens with one attached hydrogen (secondary N) is 2. The molecule has 1 aromatic carbocycles. The highest BCUT2D eigenvalue weighted by atomic mass is 16.1. The van der Waals surface area contributed by atoms with Gasteiger partial charge in [0.15, 0.2) is 0 Å². The lowest BCUT2D eigenvalue weighted by Crippen LogP contribution is -2.24. The second-order valence-electron chi connectivity index (χ2n) is 4.93. The number of para-hydroxylation sites is 1. The van der Waals surface area contributed by atoms with Crippen molar-refractivity contribution in [3.63, 3.8) is 0 Å². The van der Waals surface area contributed by atoms with Crippen molar-refractivity contribution >= 4 is 28.2 Å². The van der Waals surface area contributed by atoms with Gasteiger partial charge in [-0.15, -0.1) is 6.58 Å². The van der Waals surface area contributed by atoms with E-state index in [1.165, 1.54) is 0 Å². The van der Waals surface area contributed by atoms with Crippen molar-refractivity contribution in [3.05, 3.63) is 73.2 Å². The van der Waals surface area contributed by atoms with E-state index in [0.717, 1.165) is 22.3 Å². The van der Waals surface area contributed by atoms with Crippen LogP contribution in [0.4, 0.5) is 11.4 Å². The Morgan fingerprint density at radius 3 is 2.87 bits per heavy atom. The average Bonchev–Trinajstić information content (AvgIpc) is 2.60. The van der Waals surface area contributed by atoms with Gasteiger partial charge in [-0.3, -0.25) is 14.8 Å². The number of aromatic nitrogens is 2. The molecule has 5 heteroatoms. The number of carbonyl (C=O) groups excluding carboxylic acids is 1. The summed E-state index contributed by atoms with van der Waals surface area (Å²) in [5.74, 6) is -0.232. The van der Waals surface area contributed by atoms with E-state index in [1.54, 1.807) is 24.5 Å². The number of anilines is 2. The van der Waals surface area contributed by atoms with Crippen LogP contribution in [0.25, 0.3) is 10.9 Å². The lowest BCUT2D eigenvalue weighted by atomic mass is 10.2. The molecule has 3 rings (SSSR count). The second-order valence-corrected chi connectivity index (χ2v) is 4.93. The Morgan fingerprint density at radius 2 is 2.00 bits per heavy atom. The third kappa shape index (κ3) is 3.35. The molecular formula is C18H16N4O. The summed E-state index contributed by atoms with van der Waals surface area (Å²) in [6.45, 7) is 3.98. The minimum Gasteiger partial charge on any atom is -0.354 e. The number of hydrogen-bond donors (Lipinski definition) is 2. The summed E-state index contributed by atoms with van der Waals surface area (Å²) in [6.07, 6.45) is 4.99. The number of pyridine rings is 2. The molecule has 0 aliphatic rings. The third-order valence-corrected chi connectivity index (χ3v) is 3.31. The minimum absolute atomic E-state index is 0.232. The van der Waals surface area contributed by atoms with Crippen LogP contribution in [0.2, 0.25) is 0 Å². The zero-order valence-corrected chi connectivity index (χ0v) is 12.5. The molecule has 3 aromatic rings.